The van der Waals surface area contributed by atoms with Gasteiger partial charge in [0.1, 0.15) is 17.4 Å². The highest BCUT2D eigenvalue weighted by Crippen LogP contribution is 2.46. The summed E-state index contributed by atoms with van der Waals surface area (Å²) in [4.78, 5) is 0. The maximum Gasteiger partial charge on any atom is 0.205 e. The molecule has 0 aliphatic carbocycles. The molecule has 6 heteroatoms. The van der Waals surface area contributed by atoms with Crippen LogP contribution in [0.3, 0.4) is 0 Å². The maximum absolute atomic E-state index is 9.48. The molecule has 4 nitrogen and oxygen atoms in total. The molecule has 110 valence electrons. The van der Waals surface area contributed by atoms with Crippen LogP contribution in [0.25, 0.3) is 0 Å². The van der Waals surface area contributed by atoms with Crippen LogP contribution < -0.4 is 16.2 Å². The number of rotatable bonds is 1. The van der Waals surface area contributed by atoms with Crippen molar-refractivity contribution in [3.63, 3.8) is 0 Å². The highest BCUT2D eigenvalue weighted by atomic mass is 35.5. The Hall–Kier alpha value is -2.35. The van der Waals surface area contributed by atoms with Crippen molar-refractivity contribution in [1.82, 2.24) is 0 Å². The minimum atomic E-state index is -0.490. The summed E-state index contributed by atoms with van der Waals surface area (Å²) in [5.41, 5.74) is 13.9. The third kappa shape index (κ3) is 2.25. The average Bonchev–Trinajstić information content (AvgIpc) is 2.46. The Balaban J connectivity index is 2.31. The van der Waals surface area contributed by atoms with Crippen molar-refractivity contribution >= 4 is 28.9 Å². The molecule has 0 fully saturated rings. The van der Waals surface area contributed by atoms with E-state index >= 15 is 0 Å². The number of halogens is 2. The fourth-order valence-corrected chi connectivity index (χ4v) is 3.17. The Bertz CT molecular complexity index is 820. The van der Waals surface area contributed by atoms with E-state index < -0.39 is 5.92 Å². The molecule has 1 atom stereocenters. The Morgan fingerprint density at radius 2 is 1.77 bits per heavy atom. The van der Waals surface area contributed by atoms with E-state index in [0.29, 0.717) is 27.0 Å². The third-order valence-electron chi connectivity index (χ3n) is 3.53. The number of fused-ring (bicyclic) bond motifs is 1. The second kappa shape index (κ2) is 5.45. The second-order valence-electron chi connectivity index (χ2n) is 4.86. The zero-order valence-corrected chi connectivity index (χ0v) is 12.8. The maximum atomic E-state index is 9.48. The molecule has 2 aromatic carbocycles. The molecule has 4 N–H and O–H groups in total. The van der Waals surface area contributed by atoms with Gasteiger partial charge in [0.05, 0.1) is 5.92 Å². The number of hydrogen-bond donors (Lipinski definition) is 2. The largest absolute Gasteiger partial charge is 0.440 e. The molecule has 3 rings (SSSR count). The van der Waals surface area contributed by atoms with Gasteiger partial charge < -0.3 is 16.2 Å². The number of hydrogen-bond acceptors (Lipinski definition) is 4. The second-order valence-corrected chi connectivity index (χ2v) is 5.67. The topological polar surface area (TPSA) is 85.1 Å². The molecular formula is C16H11Cl2N3O. The highest BCUT2D eigenvalue weighted by Gasteiger charge is 2.33. The predicted molar refractivity (Wildman–Crippen MR) is 86.6 cm³/mol. The van der Waals surface area contributed by atoms with Crippen LogP contribution >= 0.6 is 23.2 Å². The molecule has 0 unspecified atom stereocenters. The van der Waals surface area contributed by atoms with Gasteiger partial charge in [0.2, 0.25) is 5.88 Å². The van der Waals surface area contributed by atoms with Crippen molar-refractivity contribution in [1.29, 1.82) is 5.26 Å². The van der Waals surface area contributed by atoms with Gasteiger partial charge in [-0.05, 0) is 18.2 Å². The molecule has 0 saturated carbocycles. The lowest BCUT2D eigenvalue weighted by Gasteiger charge is -2.27. The Morgan fingerprint density at radius 3 is 2.41 bits per heavy atom. The van der Waals surface area contributed by atoms with Gasteiger partial charge in [-0.25, -0.2) is 0 Å². The average molecular weight is 332 g/mol. The number of ether oxygens (including phenoxy) is 1. The van der Waals surface area contributed by atoms with Crippen molar-refractivity contribution in [3.8, 4) is 11.8 Å². The van der Waals surface area contributed by atoms with Gasteiger partial charge in [0.15, 0.2) is 0 Å². The minimum Gasteiger partial charge on any atom is -0.440 e. The summed E-state index contributed by atoms with van der Waals surface area (Å²) in [6, 6.07) is 12.5. The molecule has 22 heavy (non-hydrogen) atoms. The van der Waals surface area contributed by atoms with Crippen LogP contribution in [-0.4, -0.2) is 0 Å². The van der Waals surface area contributed by atoms with E-state index in [9.17, 15) is 5.26 Å². The number of nitriles is 1. The van der Waals surface area contributed by atoms with Gasteiger partial charge in [-0.3, -0.25) is 0 Å². The van der Waals surface area contributed by atoms with Crippen LogP contribution in [0, 0.1) is 11.3 Å². The number of allylic oxidation sites excluding steroid dienone is 1. The standard InChI is InChI=1S/C16H11Cl2N3O/c17-11-2-1-3-12(18)15(11)14-9-5-4-8(20)6-13(9)22-16(21)10(14)7-19/h1-6,14H,20-21H2/t14-/m1/s1. The molecule has 2 aromatic rings. The number of nitrogens with zero attached hydrogens (tertiary/aromatic N) is 1. The van der Waals surface area contributed by atoms with Crippen molar-refractivity contribution < 1.29 is 4.74 Å². The van der Waals surface area contributed by atoms with Crippen LogP contribution in [0.4, 0.5) is 5.69 Å². The summed E-state index contributed by atoms with van der Waals surface area (Å²) in [5, 5.41) is 10.4. The van der Waals surface area contributed by atoms with Crippen molar-refractivity contribution in [3.05, 3.63) is 69.0 Å². The fraction of sp³-hybridized carbons (Fsp3) is 0.0625. The molecule has 0 amide bonds. The predicted octanol–water partition coefficient (Wildman–Crippen LogP) is 3.79. The fourth-order valence-electron chi connectivity index (χ4n) is 2.56. The van der Waals surface area contributed by atoms with E-state index in [-0.39, 0.29) is 11.5 Å². The molecule has 0 radical (unpaired) electrons. The lowest BCUT2D eigenvalue weighted by atomic mass is 9.83. The van der Waals surface area contributed by atoms with Crippen LogP contribution in [-0.2, 0) is 0 Å². The van der Waals surface area contributed by atoms with Gasteiger partial charge >= 0.3 is 0 Å². The van der Waals surface area contributed by atoms with Gasteiger partial charge in [-0.2, -0.15) is 5.26 Å². The lowest BCUT2D eigenvalue weighted by molar-refractivity contribution is 0.394. The van der Waals surface area contributed by atoms with E-state index in [2.05, 4.69) is 6.07 Å². The first kappa shape index (κ1) is 14.6. The first-order valence-corrected chi connectivity index (χ1v) is 7.19. The molecule has 1 heterocycles. The molecule has 0 bridgehead atoms. The number of nitrogen functional groups attached to an aromatic ring is 1. The highest BCUT2D eigenvalue weighted by molar-refractivity contribution is 6.36. The van der Waals surface area contributed by atoms with Gasteiger partial charge in [-0.15, -0.1) is 0 Å². The van der Waals surface area contributed by atoms with E-state index in [1.54, 1.807) is 36.4 Å². The summed E-state index contributed by atoms with van der Waals surface area (Å²) in [6.07, 6.45) is 0. The Morgan fingerprint density at radius 1 is 1.09 bits per heavy atom. The zero-order chi connectivity index (χ0) is 15.9. The van der Waals surface area contributed by atoms with Crippen molar-refractivity contribution in [2.75, 3.05) is 5.73 Å². The summed E-state index contributed by atoms with van der Waals surface area (Å²) in [7, 11) is 0. The van der Waals surface area contributed by atoms with Gasteiger partial charge in [0, 0.05) is 32.9 Å². The number of benzene rings is 2. The Labute approximate surface area is 137 Å². The summed E-state index contributed by atoms with van der Waals surface area (Å²) >= 11 is 12.6. The molecule has 1 aliphatic rings. The van der Waals surface area contributed by atoms with Crippen molar-refractivity contribution in [2.24, 2.45) is 5.73 Å². The quantitative estimate of drug-likeness (QED) is 0.778. The van der Waals surface area contributed by atoms with Crippen LogP contribution in [0.2, 0.25) is 10.0 Å². The number of anilines is 1. The van der Waals surface area contributed by atoms with E-state index in [1.807, 2.05) is 0 Å². The van der Waals surface area contributed by atoms with Crippen LogP contribution in [0.1, 0.15) is 17.0 Å². The monoisotopic (exact) mass is 331 g/mol. The molecule has 0 saturated heterocycles. The van der Waals surface area contributed by atoms with Crippen LogP contribution in [0.5, 0.6) is 5.75 Å². The zero-order valence-electron chi connectivity index (χ0n) is 11.3. The molecule has 0 aromatic heterocycles. The van der Waals surface area contributed by atoms with E-state index in [4.69, 9.17) is 39.4 Å². The molecule has 0 spiro atoms. The van der Waals surface area contributed by atoms with Gasteiger partial charge in [0.25, 0.3) is 0 Å². The lowest BCUT2D eigenvalue weighted by Crippen LogP contribution is -2.21. The first-order chi connectivity index (χ1) is 10.5. The van der Waals surface area contributed by atoms with Crippen LogP contribution in [0.15, 0.2) is 47.9 Å². The molecular weight excluding hydrogens is 321 g/mol. The summed E-state index contributed by atoms with van der Waals surface area (Å²) in [6.45, 7) is 0. The SMILES string of the molecule is N#CC1=C(N)Oc2cc(N)ccc2[C@H]1c1c(Cl)cccc1Cl. The number of nitrogens with two attached hydrogens (primary N) is 2. The third-order valence-corrected chi connectivity index (χ3v) is 4.19. The summed E-state index contributed by atoms with van der Waals surface area (Å²) in [5.74, 6) is 0.0367. The smallest absolute Gasteiger partial charge is 0.205 e. The normalized spacial score (nSPS) is 16.7. The van der Waals surface area contributed by atoms with E-state index in [0.717, 1.165) is 5.56 Å². The summed E-state index contributed by atoms with van der Waals surface area (Å²) < 4.78 is 5.52. The Kier molecular flexibility index (Phi) is 3.61. The molecule has 1 aliphatic heterocycles. The van der Waals surface area contributed by atoms with E-state index in [1.165, 1.54) is 0 Å². The van der Waals surface area contributed by atoms with Crippen molar-refractivity contribution in [2.45, 2.75) is 5.92 Å². The van der Waals surface area contributed by atoms with Gasteiger partial charge in [-0.1, -0.05) is 35.3 Å². The first-order valence-electron chi connectivity index (χ1n) is 6.44. The minimum absolute atomic E-state index is 0.0292.